The third-order valence-electron chi connectivity index (χ3n) is 5.78. The molecule has 1 saturated heterocycles. The number of amides is 1. The number of H-pyrrole nitrogens is 1. The fourth-order valence-electron chi connectivity index (χ4n) is 4.49. The van der Waals surface area contributed by atoms with Crippen LogP contribution in [0.1, 0.15) is 78.1 Å². The maximum absolute atomic E-state index is 13.0. The summed E-state index contributed by atoms with van der Waals surface area (Å²) in [5.74, 6) is 1.11. The Morgan fingerprint density at radius 1 is 1.12 bits per heavy atom. The van der Waals surface area contributed by atoms with Crippen molar-refractivity contribution in [1.29, 1.82) is 0 Å². The lowest BCUT2D eigenvalue weighted by Gasteiger charge is -2.41. The first-order valence-corrected chi connectivity index (χ1v) is 9.58. The van der Waals surface area contributed by atoms with E-state index in [1.807, 2.05) is 32.6 Å². The molecule has 1 aromatic heterocycles. The number of aromatic nitrogens is 1. The number of nitrogens with zero attached hydrogens (tertiary/aromatic N) is 1. The van der Waals surface area contributed by atoms with E-state index in [-0.39, 0.29) is 18.0 Å². The van der Waals surface area contributed by atoms with Crippen LogP contribution in [0.25, 0.3) is 0 Å². The van der Waals surface area contributed by atoms with Crippen LogP contribution >= 0.6 is 0 Å². The molecule has 0 unspecified atom stereocenters. The van der Waals surface area contributed by atoms with Crippen LogP contribution in [0.3, 0.4) is 0 Å². The van der Waals surface area contributed by atoms with Crippen molar-refractivity contribution < 1.29 is 14.3 Å². The number of rotatable bonds is 3. The van der Waals surface area contributed by atoms with Gasteiger partial charge in [0.25, 0.3) is 5.91 Å². The number of carbonyl (C=O) groups excluding carboxylic acids is 2. The minimum Gasteiger partial charge on any atom is -0.459 e. The Bertz CT molecular complexity index is 662. The van der Waals surface area contributed by atoms with Gasteiger partial charge in [0.15, 0.2) is 0 Å². The molecule has 1 aromatic rings. The van der Waals surface area contributed by atoms with Crippen LogP contribution in [0.5, 0.6) is 0 Å². The van der Waals surface area contributed by atoms with Crippen LogP contribution in [-0.4, -0.2) is 41.0 Å². The zero-order valence-electron chi connectivity index (χ0n) is 15.9. The maximum atomic E-state index is 13.0. The number of aromatic amines is 1. The number of esters is 1. The minimum absolute atomic E-state index is 0.0215. The van der Waals surface area contributed by atoms with Crippen molar-refractivity contribution in [2.75, 3.05) is 13.1 Å². The fourth-order valence-corrected chi connectivity index (χ4v) is 4.49. The number of hydrogen-bond acceptors (Lipinski definition) is 3. The Balaban J connectivity index is 1.77. The molecule has 0 aromatic carbocycles. The number of likely N-dealkylation sites (tertiary alicyclic amines) is 1. The Morgan fingerprint density at radius 3 is 2.48 bits per heavy atom. The van der Waals surface area contributed by atoms with E-state index in [0.717, 1.165) is 25.4 Å². The smallest absolute Gasteiger partial charge is 0.340 e. The van der Waals surface area contributed by atoms with Crippen molar-refractivity contribution in [3.8, 4) is 0 Å². The summed E-state index contributed by atoms with van der Waals surface area (Å²) in [5, 5.41) is 0. The van der Waals surface area contributed by atoms with E-state index in [2.05, 4.69) is 4.98 Å². The van der Waals surface area contributed by atoms with Crippen LogP contribution in [-0.2, 0) is 4.74 Å². The third-order valence-corrected chi connectivity index (χ3v) is 5.78. The molecule has 0 spiro atoms. The highest BCUT2D eigenvalue weighted by Gasteiger charge is 2.34. The molecule has 2 aliphatic rings. The average Bonchev–Trinajstić information content (AvgIpc) is 2.87. The number of ether oxygens (including phenoxy) is 1. The molecule has 1 N–H and O–H groups in total. The number of carbonyl (C=O) groups is 2. The van der Waals surface area contributed by atoms with E-state index in [0.29, 0.717) is 28.4 Å². The third kappa shape index (κ3) is 3.60. The van der Waals surface area contributed by atoms with E-state index in [9.17, 15) is 9.59 Å². The Labute approximate surface area is 150 Å². The Morgan fingerprint density at radius 2 is 1.80 bits per heavy atom. The highest BCUT2D eigenvalue weighted by Crippen LogP contribution is 2.36. The first-order chi connectivity index (χ1) is 11.9. The van der Waals surface area contributed by atoms with Crippen LogP contribution in [0, 0.1) is 25.7 Å². The molecule has 1 aliphatic heterocycles. The van der Waals surface area contributed by atoms with Gasteiger partial charge in [-0.1, -0.05) is 19.3 Å². The zero-order chi connectivity index (χ0) is 18.1. The highest BCUT2D eigenvalue weighted by molar-refractivity contribution is 6.00. The van der Waals surface area contributed by atoms with Gasteiger partial charge < -0.3 is 14.6 Å². The van der Waals surface area contributed by atoms with E-state index in [1.54, 1.807) is 0 Å². The topological polar surface area (TPSA) is 62.4 Å². The van der Waals surface area contributed by atoms with Crippen LogP contribution < -0.4 is 0 Å². The van der Waals surface area contributed by atoms with E-state index < -0.39 is 0 Å². The van der Waals surface area contributed by atoms with Crippen molar-refractivity contribution in [1.82, 2.24) is 9.88 Å². The van der Waals surface area contributed by atoms with Gasteiger partial charge in [-0.15, -0.1) is 0 Å². The number of hydrogen-bond donors (Lipinski definition) is 1. The van der Waals surface area contributed by atoms with Crippen LogP contribution in [0.15, 0.2) is 0 Å². The molecule has 2 fully saturated rings. The van der Waals surface area contributed by atoms with Crippen molar-refractivity contribution in [2.24, 2.45) is 11.8 Å². The fraction of sp³-hybridized carbons (Fsp3) is 0.700. The molecule has 0 radical (unpaired) electrons. The van der Waals surface area contributed by atoms with Gasteiger partial charge in [-0.25, -0.2) is 4.79 Å². The number of fused-ring (bicyclic) bond motifs is 1. The van der Waals surface area contributed by atoms with Gasteiger partial charge in [-0.05, 0) is 57.9 Å². The lowest BCUT2D eigenvalue weighted by molar-refractivity contribution is 0.0376. The van der Waals surface area contributed by atoms with Gasteiger partial charge in [0.05, 0.1) is 11.7 Å². The summed E-state index contributed by atoms with van der Waals surface area (Å²) >= 11 is 0. The molecule has 2 heterocycles. The van der Waals surface area contributed by atoms with E-state index in [4.69, 9.17) is 4.74 Å². The molecule has 3 rings (SSSR count). The standard InChI is InChI=1S/C20H30N2O3/c1-12(2)25-20(24)17-13(3)18(21-14(17)4)19(23)22-10-9-15-7-5-6-8-16(15)11-22/h12,15-16,21H,5-11H2,1-4H3/t15-,16-/m0/s1. The van der Waals surface area contributed by atoms with E-state index >= 15 is 0 Å². The lowest BCUT2D eigenvalue weighted by atomic mass is 9.75. The second kappa shape index (κ2) is 7.22. The summed E-state index contributed by atoms with van der Waals surface area (Å²) in [4.78, 5) is 30.5. The Kier molecular flexibility index (Phi) is 5.21. The van der Waals surface area contributed by atoms with Gasteiger partial charge in [0.2, 0.25) is 0 Å². The molecule has 1 saturated carbocycles. The minimum atomic E-state index is -0.355. The summed E-state index contributed by atoms with van der Waals surface area (Å²) < 4.78 is 5.32. The number of aryl methyl sites for hydroxylation is 1. The molecule has 5 nitrogen and oxygen atoms in total. The first-order valence-electron chi connectivity index (χ1n) is 9.58. The van der Waals surface area contributed by atoms with Gasteiger partial charge in [-0.2, -0.15) is 0 Å². The van der Waals surface area contributed by atoms with Crippen molar-refractivity contribution in [3.05, 3.63) is 22.5 Å². The number of piperidine rings is 1. The van der Waals surface area contributed by atoms with E-state index in [1.165, 1.54) is 25.7 Å². The summed E-state index contributed by atoms with van der Waals surface area (Å²) in [5.41, 5.74) is 2.46. The van der Waals surface area contributed by atoms with Crippen molar-refractivity contribution in [2.45, 2.75) is 65.9 Å². The summed E-state index contributed by atoms with van der Waals surface area (Å²) in [6, 6.07) is 0. The second-order valence-electron chi connectivity index (χ2n) is 7.92. The summed E-state index contributed by atoms with van der Waals surface area (Å²) in [7, 11) is 0. The SMILES string of the molecule is Cc1[nH]c(C(=O)N2CC[C@@H]3CCCC[C@H]3C2)c(C)c1C(=O)OC(C)C. The van der Waals surface area contributed by atoms with Gasteiger partial charge in [0.1, 0.15) is 5.69 Å². The maximum Gasteiger partial charge on any atom is 0.340 e. The molecule has 5 heteroatoms. The Hall–Kier alpha value is -1.78. The first kappa shape index (κ1) is 18.0. The van der Waals surface area contributed by atoms with Crippen LogP contribution in [0.4, 0.5) is 0 Å². The van der Waals surface area contributed by atoms with Gasteiger partial charge >= 0.3 is 5.97 Å². The van der Waals surface area contributed by atoms with Gasteiger partial charge in [0, 0.05) is 18.8 Å². The molecular formula is C20H30N2O3. The van der Waals surface area contributed by atoms with Crippen molar-refractivity contribution >= 4 is 11.9 Å². The largest absolute Gasteiger partial charge is 0.459 e. The highest BCUT2D eigenvalue weighted by atomic mass is 16.5. The molecule has 2 atom stereocenters. The van der Waals surface area contributed by atoms with Crippen LogP contribution in [0.2, 0.25) is 0 Å². The van der Waals surface area contributed by atoms with Gasteiger partial charge in [-0.3, -0.25) is 4.79 Å². The molecule has 1 amide bonds. The lowest BCUT2D eigenvalue weighted by Crippen LogP contribution is -2.45. The number of nitrogens with one attached hydrogen (secondary N) is 1. The predicted octanol–water partition coefficient (Wildman–Crippen LogP) is 3.85. The molecule has 1 aliphatic carbocycles. The monoisotopic (exact) mass is 346 g/mol. The molecule has 138 valence electrons. The second-order valence-corrected chi connectivity index (χ2v) is 7.92. The quantitative estimate of drug-likeness (QED) is 0.846. The summed E-state index contributed by atoms with van der Waals surface area (Å²) in [6.07, 6.45) is 6.12. The average molecular weight is 346 g/mol. The zero-order valence-corrected chi connectivity index (χ0v) is 15.9. The molecule has 25 heavy (non-hydrogen) atoms. The summed E-state index contributed by atoms with van der Waals surface area (Å²) in [6.45, 7) is 9.00. The predicted molar refractivity (Wildman–Crippen MR) is 96.8 cm³/mol. The molecular weight excluding hydrogens is 316 g/mol. The normalized spacial score (nSPS) is 23.5. The van der Waals surface area contributed by atoms with Crippen molar-refractivity contribution in [3.63, 3.8) is 0 Å². The molecule has 0 bridgehead atoms.